The van der Waals surface area contributed by atoms with Gasteiger partial charge in [0.1, 0.15) is 5.75 Å². The number of benzene rings is 2. The second-order valence-electron chi connectivity index (χ2n) is 4.07. The van der Waals surface area contributed by atoms with Crippen molar-refractivity contribution in [3.05, 3.63) is 58.1 Å². The Morgan fingerprint density at radius 2 is 1.89 bits per heavy atom. The lowest BCUT2D eigenvalue weighted by Gasteiger charge is -2.09. The Morgan fingerprint density at radius 3 is 2.53 bits per heavy atom. The van der Waals surface area contributed by atoms with Crippen molar-refractivity contribution in [1.82, 2.24) is 0 Å². The van der Waals surface area contributed by atoms with Crippen LogP contribution in [0.25, 0.3) is 0 Å². The quantitative estimate of drug-likeness (QED) is 0.810. The summed E-state index contributed by atoms with van der Waals surface area (Å²) in [5.74, 6) is -0.208. The van der Waals surface area contributed by atoms with Crippen molar-refractivity contribution in [1.29, 1.82) is 0 Å². The Kier molecular flexibility index (Phi) is 4.06. The van der Waals surface area contributed by atoms with E-state index in [0.717, 1.165) is 15.7 Å². The van der Waals surface area contributed by atoms with Crippen LogP contribution in [-0.4, -0.2) is 11.0 Å². The Hall–Kier alpha value is -2.01. The summed E-state index contributed by atoms with van der Waals surface area (Å²) in [5.41, 5.74) is 7.27. The summed E-state index contributed by atoms with van der Waals surface area (Å²) in [7, 11) is 0. The molecule has 5 heteroatoms. The highest BCUT2D eigenvalue weighted by Gasteiger charge is 2.03. The molecule has 0 aliphatic rings. The van der Waals surface area contributed by atoms with E-state index >= 15 is 0 Å². The van der Waals surface area contributed by atoms with Gasteiger partial charge in [0.2, 0.25) is 5.91 Å². The Bertz CT molecular complexity index is 597. The maximum absolute atomic E-state index is 10.9. The van der Waals surface area contributed by atoms with Crippen LogP contribution in [0.4, 0.5) is 5.69 Å². The van der Waals surface area contributed by atoms with Crippen LogP contribution in [0.1, 0.15) is 15.9 Å². The second-order valence-corrected chi connectivity index (χ2v) is 4.98. The van der Waals surface area contributed by atoms with Crippen LogP contribution in [0.5, 0.6) is 5.75 Å². The number of carbonyl (C=O) groups excluding carboxylic acids is 1. The zero-order valence-corrected chi connectivity index (χ0v) is 11.6. The number of nitrogens with two attached hydrogens (primary N) is 1. The summed E-state index contributed by atoms with van der Waals surface area (Å²) >= 11 is 3.36. The van der Waals surface area contributed by atoms with Gasteiger partial charge in [0.25, 0.3) is 0 Å². The molecule has 0 bridgehead atoms. The van der Waals surface area contributed by atoms with Gasteiger partial charge in [-0.3, -0.25) is 4.79 Å². The molecule has 0 aliphatic heterocycles. The lowest BCUT2D eigenvalue weighted by atomic mass is 10.1. The fourth-order valence-electron chi connectivity index (χ4n) is 1.65. The van der Waals surface area contributed by atoms with Gasteiger partial charge in [0, 0.05) is 27.8 Å². The molecule has 98 valence electrons. The van der Waals surface area contributed by atoms with Crippen LogP contribution >= 0.6 is 15.9 Å². The Morgan fingerprint density at radius 1 is 1.21 bits per heavy atom. The number of anilines is 1. The Balaban J connectivity index is 2.06. The molecule has 0 atom stereocenters. The lowest BCUT2D eigenvalue weighted by molar-refractivity contribution is 0.100. The zero-order chi connectivity index (χ0) is 13.8. The molecular formula is C14H13BrN2O2. The summed E-state index contributed by atoms with van der Waals surface area (Å²) in [6.45, 7) is 0.487. The van der Waals surface area contributed by atoms with Gasteiger partial charge in [-0.05, 0) is 42.5 Å². The largest absolute Gasteiger partial charge is 0.508 e. The standard InChI is InChI=1S/C14H13BrN2O2/c15-11-3-6-13(18)10(7-11)8-17-12-4-1-9(2-5-12)14(16)19/h1-7,17-18H,8H2,(H2,16,19). The van der Waals surface area contributed by atoms with Crippen molar-refractivity contribution in [2.24, 2.45) is 5.73 Å². The minimum absolute atomic E-state index is 0.240. The minimum atomic E-state index is -0.448. The average Bonchev–Trinajstić information content (AvgIpc) is 2.40. The Labute approximate surface area is 119 Å². The first kappa shape index (κ1) is 13.4. The van der Waals surface area contributed by atoms with Crippen molar-refractivity contribution < 1.29 is 9.90 Å². The minimum Gasteiger partial charge on any atom is -0.508 e. The maximum Gasteiger partial charge on any atom is 0.248 e. The monoisotopic (exact) mass is 320 g/mol. The molecule has 4 N–H and O–H groups in total. The first-order valence-corrected chi connectivity index (χ1v) is 6.46. The number of carbonyl (C=O) groups is 1. The predicted molar refractivity (Wildman–Crippen MR) is 78.1 cm³/mol. The van der Waals surface area contributed by atoms with E-state index in [-0.39, 0.29) is 5.75 Å². The molecule has 4 nitrogen and oxygen atoms in total. The fraction of sp³-hybridized carbons (Fsp3) is 0.0714. The van der Waals surface area contributed by atoms with E-state index < -0.39 is 5.91 Å². The van der Waals surface area contributed by atoms with Crippen LogP contribution in [0.15, 0.2) is 46.9 Å². The second kappa shape index (κ2) is 5.75. The number of phenolic OH excluding ortho intramolecular Hbond substituents is 1. The fourth-order valence-corrected chi connectivity index (χ4v) is 2.05. The van der Waals surface area contributed by atoms with Gasteiger partial charge in [-0.25, -0.2) is 0 Å². The summed E-state index contributed by atoms with van der Waals surface area (Å²) in [6.07, 6.45) is 0. The van der Waals surface area contributed by atoms with Crippen molar-refractivity contribution in [3.8, 4) is 5.75 Å². The number of aromatic hydroxyl groups is 1. The first-order valence-electron chi connectivity index (χ1n) is 5.67. The lowest BCUT2D eigenvalue weighted by Crippen LogP contribution is -2.10. The zero-order valence-electron chi connectivity index (χ0n) is 10.1. The van der Waals surface area contributed by atoms with E-state index in [1.165, 1.54) is 0 Å². The molecule has 0 saturated carbocycles. The molecule has 1 amide bonds. The van der Waals surface area contributed by atoms with E-state index in [1.54, 1.807) is 36.4 Å². The van der Waals surface area contributed by atoms with E-state index in [0.29, 0.717) is 12.1 Å². The highest BCUT2D eigenvalue weighted by molar-refractivity contribution is 9.10. The molecule has 2 aromatic rings. The van der Waals surface area contributed by atoms with Crippen LogP contribution in [-0.2, 0) is 6.54 Å². The molecule has 0 unspecified atom stereocenters. The van der Waals surface area contributed by atoms with Crippen molar-refractivity contribution in [3.63, 3.8) is 0 Å². The first-order chi connectivity index (χ1) is 9.06. The third kappa shape index (κ3) is 3.48. The highest BCUT2D eigenvalue weighted by atomic mass is 79.9. The van der Waals surface area contributed by atoms with E-state index in [4.69, 9.17) is 5.73 Å². The molecule has 0 radical (unpaired) electrons. The molecule has 0 spiro atoms. The molecule has 19 heavy (non-hydrogen) atoms. The van der Waals surface area contributed by atoms with Gasteiger partial charge in [0.05, 0.1) is 0 Å². The van der Waals surface area contributed by atoms with Gasteiger partial charge in [-0.15, -0.1) is 0 Å². The number of rotatable bonds is 4. The molecule has 0 fully saturated rings. The van der Waals surface area contributed by atoms with Gasteiger partial charge < -0.3 is 16.2 Å². The third-order valence-corrected chi connectivity index (χ3v) is 3.19. The number of amides is 1. The average molecular weight is 321 g/mol. The van der Waals surface area contributed by atoms with Crippen LogP contribution in [0.2, 0.25) is 0 Å². The molecule has 0 aromatic heterocycles. The van der Waals surface area contributed by atoms with Gasteiger partial charge in [-0.1, -0.05) is 15.9 Å². The summed E-state index contributed by atoms with van der Waals surface area (Å²) < 4.78 is 0.908. The van der Waals surface area contributed by atoms with Gasteiger partial charge >= 0.3 is 0 Å². The summed E-state index contributed by atoms with van der Waals surface area (Å²) in [5, 5.41) is 12.9. The van der Waals surface area contributed by atoms with E-state index in [2.05, 4.69) is 21.2 Å². The van der Waals surface area contributed by atoms with Crippen LogP contribution in [0.3, 0.4) is 0 Å². The van der Waals surface area contributed by atoms with Crippen molar-refractivity contribution in [2.45, 2.75) is 6.54 Å². The number of halogens is 1. The van der Waals surface area contributed by atoms with E-state index in [1.807, 2.05) is 6.07 Å². The van der Waals surface area contributed by atoms with Crippen LogP contribution < -0.4 is 11.1 Å². The number of hydrogen-bond donors (Lipinski definition) is 3. The highest BCUT2D eigenvalue weighted by Crippen LogP contribution is 2.22. The van der Waals surface area contributed by atoms with Crippen molar-refractivity contribution >= 4 is 27.5 Å². The SMILES string of the molecule is NC(=O)c1ccc(NCc2cc(Br)ccc2O)cc1. The molecule has 0 heterocycles. The predicted octanol–water partition coefficient (Wildman–Crippen LogP) is 2.87. The molecule has 0 aliphatic carbocycles. The molecule has 0 saturated heterocycles. The van der Waals surface area contributed by atoms with Gasteiger partial charge in [-0.2, -0.15) is 0 Å². The van der Waals surface area contributed by atoms with E-state index in [9.17, 15) is 9.90 Å². The number of hydrogen-bond acceptors (Lipinski definition) is 3. The molecule has 2 aromatic carbocycles. The molecular weight excluding hydrogens is 308 g/mol. The summed E-state index contributed by atoms with van der Waals surface area (Å²) in [4.78, 5) is 10.9. The topological polar surface area (TPSA) is 75.4 Å². The normalized spacial score (nSPS) is 10.2. The maximum atomic E-state index is 10.9. The molecule has 2 rings (SSSR count). The summed E-state index contributed by atoms with van der Waals surface area (Å²) in [6, 6.07) is 12.1. The van der Waals surface area contributed by atoms with Crippen LogP contribution in [0, 0.1) is 0 Å². The number of phenols is 1. The van der Waals surface area contributed by atoms with Crippen molar-refractivity contribution in [2.75, 3.05) is 5.32 Å². The number of nitrogens with one attached hydrogen (secondary N) is 1. The van der Waals surface area contributed by atoms with Gasteiger partial charge in [0.15, 0.2) is 0 Å². The number of primary amides is 1. The smallest absolute Gasteiger partial charge is 0.248 e. The third-order valence-electron chi connectivity index (χ3n) is 2.69.